The molecule has 0 bridgehead atoms. The Kier molecular flexibility index (Phi) is 6.94. The molecule has 13 heteroatoms. The van der Waals surface area contributed by atoms with E-state index in [4.69, 9.17) is 39.2 Å². The zero-order chi connectivity index (χ0) is 33.0. The monoisotopic (exact) mass is 753 g/mol. The lowest BCUT2D eigenvalue weighted by Gasteiger charge is -2.51. The quantitative estimate of drug-likeness (QED) is 0.106. The van der Waals surface area contributed by atoms with Crippen molar-refractivity contribution in [1.29, 1.82) is 0 Å². The zero-order valence-corrected chi connectivity index (χ0v) is 28.1. The molecule has 4 aliphatic rings. The van der Waals surface area contributed by atoms with Crippen LogP contribution in [0.5, 0.6) is 5.75 Å². The molecule has 2 aliphatic heterocycles. The van der Waals surface area contributed by atoms with Crippen molar-refractivity contribution < 1.29 is 28.7 Å². The van der Waals surface area contributed by atoms with E-state index in [0.717, 1.165) is 4.90 Å². The zero-order valence-electron chi connectivity index (χ0n) is 24.2. The summed E-state index contributed by atoms with van der Waals surface area (Å²) in [5.41, 5.74) is 3.26. The van der Waals surface area contributed by atoms with Crippen molar-refractivity contribution in [2.45, 2.75) is 28.5 Å². The molecule has 3 heterocycles. The van der Waals surface area contributed by atoms with Crippen molar-refractivity contribution in [1.82, 2.24) is 9.88 Å². The lowest BCUT2D eigenvalue weighted by Crippen LogP contribution is -2.60. The number of imide groups is 2. The molecule has 6 unspecified atom stereocenters. The van der Waals surface area contributed by atoms with E-state index in [-0.39, 0.29) is 35.0 Å². The normalized spacial score (nSPS) is 30.1. The molecular formula is C34H23BrCl3N3O6. The van der Waals surface area contributed by atoms with Gasteiger partial charge in [0.25, 0.3) is 11.8 Å². The Balaban J connectivity index is 1.19. The Labute approximate surface area is 291 Å². The van der Waals surface area contributed by atoms with Crippen molar-refractivity contribution in [3.8, 4) is 17.2 Å². The predicted molar refractivity (Wildman–Crippen MR) is 178 cm³/mol. The molecule has 8 rings (SSSR count). The molecule has 4 aromatic rings. The van der Waals surface area contributed by atoms with Crippen LogP contribution in [0.3, 0.4) is 0 Å². The molecule has 238 valence electrons. The maximum absolute atomic E-state index is 14.3. The van der Waals surface area contributed by atoms with E-state index in [1.165, 1.54) is 17.0 Å². The van der Waals surface area contributed by atoms with Gasteiger partial charge < -0.3 is 9.52 Å². The number of oxazole rings is 1. The summed E-state index contributed by atoms with van der Waals surface area (Å²) in [5.74, 6) is -5.20. The summed E-state index contributed by atoms with van der Waals surface area (Å²) in [6.45, 7) is 0. The molecule has 2 saturated heterocycles. The Morgan fingerprint density at radius 3 is 2.40 bits per heavy atom. The van der Waals surface area contributed by atoms with Crippen LogP contribution in [0.15, 0.2) is 82.8 Å². The summed E-state index contributed by atoms with van der Waals surface area (Å²) in [4.78, 5) is 58.7. The predicted octanol–water partition coefficient (Wildman–Crippen LogP) is 6.77. The molecule has 3 aromatic carbocycles. The number of nitrogens with zero attached hydrogens (tertiary/aromatic N) is 3. The number of rotatable bonds is 4. The fraction of sp³-hybridized carbons (Fsp3) is 0.265. The highest BCUT2D eigenvalue weighted by Gasteiger charge is 2.76. The lowest BCUT2D eigenvalue weighted by molar-refractivity contribution is -0.138. The number of fused-ring (bicyclic) bond motifs is 5. The van der Waals surface area contributed by atoms with Gasteiger partial charge in [-0.15, -0.1) is 23.2 Å². The Hall–Kier alpha value is -3.70. The number of amides is 4. The number of hydrogen-bond donors (Lipinski definition) is 1. The van der Waals surface area contributed by atoms with E-state index in [2.05, 4.69) is 20.9 Å². The summed E-state index contributed by atoms with van der Waals surface area (Å²) >= 11 is 24.4. The van der Waals surface area contributed by atoms with Gasteiger partial charge in [0, 0.05) is 16.5 Å². The molecule has 2 aliphatic carbocycles. The van der Waals surface area contributed by atoms with Crippen molar-refractivity contribution in [3.05, 3.63) is 89.0 Å². The molecule has 9 nitrogen and oxygen atoms in total. The number of phenolic OH excluding ortho intramolecular Hbond substituents is 1. The third-order valence-electron chi connectivity index (χ3n) is 9.98. The Morgan fingerprint density at radius 1 is 0.957 bits per heavy atom. The number of hydrogen-bond acceptors (Lipinski definition) is 7. The highest BCUT2D eigenvalue weighted by atomic mass is 79.9. The van der Waals surface area contributed by atoms with Gasteiger partial charge in [-0.3, -0.25) is 29.0 Å². The molecule has 1 saturated carbocycles. The minimum absolute atomic E-state index is 0.102. The SMILES string of the molecule is O=C1C2CC=C3C(CC4(Cl)C(=O)N(CBr)C(=O)C4(Cl)C3c3ccc(O)cc3Cl)C2C(=O)N1c1ccc(-c2nc3ccccc3o2)cc1. The van der Waals surface area contributed by atoms with Crippen molar-refractivity contribution in [3.63, 3.8) is 0 Å². The van der Waals surface area contributed by atoms with Crippen molar-refractivity contribution >= 4 is 91.1 Å². The van der Waals surface area contributed by atoms with Gasteiger partial charge in [-0.05, 0) is 72.9 Å². The summed E-state index contributed by atoms with van der Waals surface area (Å²) < 4.78 is 5.87. The number of halogens is 4. The van der Waals surface area contributed by atoms with Gasteiger partial charge in [-0.25, -0.2) is 4.98 Å². The molecule has 0 spiro atoms. The van der Waals surface area contributed by atoms with Gasteiger partial charge in [-0.1, -0.05) is 57.4 Å². The number of aromatic hydroxyl groups is 1. The first-order valence-corrected chi connectivity index (χ1v) is 17.1. The van der Waals surface area contributed by atoms with Crippen LogP contribution in [-0.2, 0) is 19.2 Å². The molecule has 0 radical (unpaired) electrons. The van der Waals surface area contributed by atoms with Crippen LogP contribution in [-0.4, -0.2) is 53.8 Å². The average Bonchev–Trinajstić information content (AvgIpc) is 3.65. The van der Waals surface area contributed by atoms with E-state index < -0.39 is 51.1 Å². The number of phenols is 1. The minimum Gasteiger partial charge on any atom is -0.508 e. The number of benzene rings is 3. The van der Waals surface area contributed by atoms with Crippen molar-refractivity contribution in [2.75, 3.05) is 10.4 Å². The molecule has 3 fully saturated rings. The van der Waals surface area contributed by atoms with E-state index in [1.54, 1.807) is 30.3 Å². The number of anilines is 1. The largest absolute Gasteiger partial charge is 0.508 e. The molecule has 1 N–H and O–H groups in total. The standard InChI is InChI=1S/C34H23BrCl3N3O6/c35-15-40-31(45)33(37)14-22-19(27(34(33,38)32(40)46)20-10-9-18(42)13-23(20)36)11-12-21-26(22)30(44)41(29(21)43)17-7-5-16(6-8-17)28-39-24-3-1-2-4-25(24)47-28/h1-11,13,21-22,26-27,42H,12,14-15H2. The molecular weight excluding hydrogens is 733 g/mol. The summed E-state index contributed by atoms with van der Waals surface area (Å²) in [5, 5.41) is 10.2. The lowest BCUT2D eigenvalue weighted by atomic mass is 9.56. The van der Waals surface area contributed by atoms with Crippen LogP contribution >= 0.6 is 50.7 Å². The van der Waals surface area contributed by atoms with E-state index >= 15 is 0 Å². The Bertz CT molecular complexity index is 2050. The second-order valence-electron chi connectivity index (χ2n) is 12.2. The number of para-hydroxylation sites is 2. The average molecular weight is 756 g/mol. The number of carbonyl (C=O) groups is 4. The fourth-order valence-electron chi connectivity index (χ4n) is 7.85. The number of allylic oxidation sites excluding steroid dienone is 2. The number of alkyl halides is 3. The van der Waals surface area contributed by atoms with Crippen LogP contribution in [0, 0.1) is 17.8 Å². The first kappa shape index (κ1) is 30.6. The van der Waals surface area contributed by atoms with Crippen LogP contribution < -0.4 is 4.90 Å². The van der Waals surface area contributed by atoms with Crippen LogP contribution in [0.4, 0.5) is 5.69 Å². The number of carbonyl (C=O) groups excluding carboxylic acids is 4. The topological polar surface area (TPSA) is 121 Å². The third-order valence-corrected chi connectivity index (χ3v) is 12.2. The number of likely N-dealkylation sites (tertiary alicyclic amines) is 1. The van der Waals surface area contributed by atoms with Gasteiger partial charge in [-0.2, -0.15) is 0 Å². The van der Waals surface area contributed by atoms with Gasteiger partial charge in [0.15, 0.2) is 15.3 Å². The second-order valence-corrected chi connectivity index (χ2v) is 14.4. The smallest absolute Gasteiger partial charge is 0.254 e. The van der Waals surface area contributed by atoms with Gasteiger partial charge in [0.05, 0.1) is 23.0 Å². The second kappa shape index (κ2) is 10.7. The first-order valence-electron chi connectivity index (χ1n) is 14.8. The van der Waals surface area contributed by atoms with E-state index in [0.29, 0.717) is 39.4 Å². The van der Waals surface area contributed by atoms with E-state index in [9.17, 15) is 24.3 Å². The van der Waals surface area contributed by atoms with Crippen LogP contribution in [0.25, 0.3) is 22.6 Å². The molecule has 1 aromatic heterocycles. The van der Waals surface area contributed by atoms with Crippen LogP contribution in [0.1, 0.15) is 24.3 Å². The third kappa shape index (κ3) is 4.11. The maximum Gasteiger partial charge on any atom is 0.254 e. The summed E-state index contributed by atoms with van der Waals surface area (Å²) in [7, 11) is 0. The van der Waals surface area contributed by atoms with Gasteiger partial charge in [0.2, 0.25) is 17.7 Å². The van der Waals surface area contributed by atoms with Crippen LogP contribution in [0.2, 0.25) is 5.02 Å². The highest BCUT2D eigenvalue weighted by molar-refractivity contribution is 9.09. The van der Waals surface area contributed by atoms with E-state index in [1.807, 2.05) is 30.3 Å². The fourth-order valence-corrected chi connectivity index (χ4v) is 9.55. The molecule has 4 amide bonds. The van der Waals surface area contributed by atoms with Crippen molar-refractivity contribution in [2.24, 2.45) is 17.8 Å². The number of aromatic nitrogens is 1. The van der Waals surface area contributed by atoms with Gasteiger partial charge >= 0.3 is 0 Å². The molecule has 47 heavy (non-hydrogen) atoms. The minimum atomic E-state index is -1.99. The summed E-state index contributed by atoms with van der Waals surface area (Å²) in [6.07, 6.45) is 1.89. The maximum atomic E-state index is 14.3. The molecule has 6 atom stereocenters. The highest BCUT2D eigenvalue weighted by Crippen LogP contribution is 2.66. The Morgan fingerprint density at radius 2 is 1.70 bits per heavy atom. The van der Waals surface area contributed by atoms with Gasteiger partial charge in [0.1, 0.15) is 11.3 Å². The first-order chi connectivity index (χ1) is 22.5. The summed E-state index contributed by atoms with van der Waals surface area (Å²) in [6, 6.07) is 18.5.